The number of ether oxygens (including phenoxy) is 1. The Morgan fingerprint density at radius 3 is 2.66 bits per heavy atom. The van der Waals surface area contributed by atoms with Crippen molar-refractivity contribution >= 4 is 22.8 Å². The first-order valence-electron chi connectivity index (χ1n) is 13.0. The number of rotatable bonds is 7. The molecule has 0 radical (unpaired) electrons. The molecule has 8 nitrogen and oxygen atoms in total. The Kier molecular flexibility index (Phi) is 6.02. The molecule has 38 heavy (non-hydrogen) atoms. The second-order valence-electron chi connectivity index (χ2n) is 10.6. The number of aromatic nitrogens is 1. The van der Waals surface area contributed by atoms with E-state index < -0.39 is 18.2 Å². The smallest absolute Gasteiger partial charge is 0.387 e. The SMILES string of the molecule is C[C@@]12Cc3c([nH]c4ccc(OC(F)F)cc34)C(c3cccc(O)c3)N1C(=O)N(CCCN1CCCC1)C2=O. The van der Waals surface area contributed by atoms with Crippen molar-refractivity contribution in [1.82, 2.24) is 19.7 Å². The predicted octanol–water partition coefficient (Wildman–Crippen LogP) is 4.63. The molecule has 2 atom stereocenters. The minimum atomic E-state index is -2.96. The summed E-state index contributed by atoms with van der Waals surface area (Å²) in [6.07, 6.45) is 3.27. The highest BCUT2D eigenvalue weighted by atomic mass is 19.3. The normalized spacial score (nSPS) is 23.5. The van der Waals surface area contributed by atoms with Gasteiger partial charge in [-0.1, -0.05) is 12.1 Å². The van der Waals surface area contributed by atoms with Crippen molar-refractivity contribution in [3.63, 3.8) is 0 Å². The van der Waals surface area contributed by atoms with E-state index >= 15 is 0 Å². The lowest BCUT2D eigenvalue weighted by Crippen LogP contribution is -2.53. The molecule has 0 aliphatic carbocycles. The number of nitrogens with one attached hydrogen (secondary N) is 1. The highest BCUT2D eigenvalue weighted by Crippen LogP contribution is 2.49. The number of alkyl halides is 2. The number of likely N-dealkylation sites (tertiary alicyclic amines) is 1. The Morgan fingerprint density at radius 1 is 1.13 bits per heavy atom. The molecule has 200 valence electrons. The van der Waals surface area contributed by atoms with E-state index in [4.69, 9.17) is 0 Å². The Bertz CT molecular complexity index is 1400. The maximum Gasteiger partial charge on any atom is 0.387 e. The van der Waals surface area contributed by atoms with Gasteiger partial charge in [-0.15, -0.1) is 0 Å². The number of imide groups is 1. The minimum Gasteiger partial charge on any atom is -0.508 e. The quantitative estimate of drug-likeness (QED) is 0.440. The second kappa shape index (κ2) is 9.27. The number of hydrogen-bond donors (Lipinski definition) is 2. The number of phenols is 1. The first-order chi connectivity index (χ1) is 18.3. The number of urea groups is 1. The summed E-state index contributed by atoms with van der Waals surface area (Å²) >= 11 is 0. The summed E-state index contributed by atoms with van der Waals surface area (Å²) in [5.74, 6) is -0.206. The lowest BCUT2D eigenvalue weighted by molar-refractivity contribution is -0.133. The molecule has 3 aliphatic rings. The molecule has 2 aromatic carbocycles. The van der Waals surface area contributed by atoms with Crippen molar-refractivity contribution < 1.29 is 28.2 Å². The van der Waals surface area contributed by atoms with Crippen molar-refractivity contribution in [3.05, 3.63) is 59.3 Å². The first kappa shape index (κ1) is 24.7. The van der Waals surface area contributed by atoms with Gasteiger partial charge in [-0.3, -0.25) is 14.6 Å². The van der Waals surface area contributed by atoms with Gasteiger partial charge in [0.15, 0.2) is 0 Å². The molecule has 1 unspecified atom stereocenters. The number of aromatic amines is 1. The van der Waals surface area contributed by atoms with Crippen LogP contribution in [0.25, 0.3) is 10.9 Å². The summed E-state index contributed by atoms with van der Waals surface area (Å²) in [5.41, 5.74) is 1.62. The van der Waals surface area contributed by atoms with Crippen LogP contribution in [-0.4, -0.2) is 75.1 Å². The van der Waals surface area contributed by atoms with Crippen LogP contribution in [0.2, 0.25) is 0 Å². The number of phenolic OH excluding ortho intramolecular Hbond substituents is 1. The zero-order valence-corrected chi connectivity index (χ0v) is 21.1. The van der Waals surface area contributed by atoms with Crippen LogP contribution in [0, 0.1) is 0 Å². The largest absolute Gasteiger partial charge is 0.508 e. The van der Waals surface area contributed by atoms with E-state index in [1.807, 2.05) is 6.07 Å². The van der Waals surface area contributed by atoms with Crippen molar-refractivity contribution in [2.45, 2.75) is 50.8 Å². The Labute approximate surface area is 218 Å². The van der Waals surface area contributed by atoms with Gasteiger partial charge in [-0.25, -0.2) is 4.79 Å². The standard InChI is InChI=1S/C28H30F2N4O4/c1-28-16-21-20-15-19(38-26(29)30)8-9-22(20)31-23(21)24(17-6-4-7-18(35)14-17)34(28)27(37)33(25(28)36)13-5-12-32-10-2-3-11-32/h4,6-9,14-15,24,26,31,35H,2-3,5,10-13,16H2,1H3/t24?,28-/m0/s1. The highest BCUT2D eigenvalue weighted by Gasteiger charge is 2.60. The first-order valence-corrected chi connectivity index (χ1v) is 13.0. The molecule has 2 fully saturated rings. The Hall–Kier alpha value is -3.66. The van der Waals surface area contributed by atoms with Gasteiger partial charge in [0.1, 0.15) is 23.1 Å². The minimum absolute atomic E-state index is 0.0214. The second-order valence-corrected chi connectivity index (χ2v) is 10.6. The van der Waals surface area contributed by atoms with Gasteiger partial charge in [0.25, 0.3) is 5.91 Å². The van der Waals surface area contributed by atoms with E-state index in [0.717, 1.165) is 25.2 Å². The van der Waals surface area contributed by atoms with Crippen LogP contribution in [0.1, 0.15) is 49.0 Å². The molecule has 2 N–H and O–H groups in total. The van der Waals surface area contributed by atoms with E-state index in [9.17, 15) is 23.5 Å². The number of carbonyl (C=O) groups excluding carboxylic acids is 2. The number of aromatic hydroxyl groups is 1. The number of H-pyrrole nitrogens is 1. The molecule has 0 spiro atoms. The predicted molar refractivity (Wildman–Crippen MR) is 136 cm³/mol. The average Bonchev–Trinajstić information content (AvgIpc) is 3.56. The summed E-state index contributed by atoms with van der Waals surface area (Å²) in [7, 11) is 0. The van der Waals surface area contributed by atoms with Gasteiger partial charge in [0, 0.05) is 29.6 Å². The van der Waals surface area contributed by atoms with E-state index in [1.54, 1.807) is 42.2 Å². The molecule has 3 aliphatic heterocycles. The fourth-order valence-electron chi connectivity index (χ4n) is 6.37. The summed E-state index contributed by atoms with van der Waals surface area (Å²) in [5, 5.41) is 10.9. The van der Waals surface area contributed by atoms with Gasteiger partial charge in [0.05, 0.1) is 0 Å². The number of benzene rings is 2. The lowest BCUT2D eigenvalue weighted by atomic mass is 9.81. The van der Waals surface area contributed by atoms with Crippen LogP contribution in [0.5, 0.6) is 11.5 Å². The Balaban J connectivity index is 1.42. The highest BCUT2D eigenvalue weighted by molar-refractivity contribution is 6.08. The number of carbonyl (C=O) groups is 2. The van der Waals surface area contributed by atoms with Crippen LogP contribution < -0.4 is 4.74 Å². The zero-order chi connectivity index (χ0) is 26.6. The lowest BCUT2D eigenvalue weighted by Gasteiger charge is -2.42. The van der Waals surface area contributed by atoms with Gasteiger partial charge in [0.2, 0.25) is 0 Å². The summed E-state index contributed by atoms with van der Waals surface area (Å²) < 4.78 is 30.5. The maximum absolute atomic E-state index is 13.9. The van der Waals surface area contributed by atoms with Crippen LogP contribution >= 0.6 is 0 Å². The third-order valence-electron chi connectivity index (χ3n) is 8.10. The number of amides is 3. The van der Waals surface area contributed by atoms with E-state index in [1.165, 1.54) is 23.8 Å². The molecule has 1 aromatic heterocycles. The number of nitrogens with zero attached hydrogens (tertiary/aromatic N) is 3. The summed E-state index contributed by atoms with van der Waals surface area (Å²) in [6, 6.07) is 10.3. The van der Waals surface area contributed by atoms with Gasteiger partial charge in [-0.2, -0.15) is 8.78 Å². The zero-order valence-electron chi connectivity index (χ0n) is 21.1. The van der Waals surface area contributed by atoms with E-state index in [0.29, 0.717) is 35.1 Å². The van der Waals surface area contributed by atoms with E-state index in [-0.39, 0.29) is 29.9 Å². The summed E-state index contributed by atoms with van der Waals surface area (Å²) in [6.45, 7) is 2.06. The summed E-state index contributed by atoms with van der Waals surface area (Å²) in [4.78, 5) is 36.5. The molecule has 6 rings (SSSR count). The maximum atomic E-state index is 13.9. The van der Waals surface area contributed by atoms with Crippen molar-refractivity contribution in [2.24, 2.45) is 0 Å². The molecule has 4 heterocycles. The number of hydrogen-bond acceptors (Lipinski definition) is 5. The van der Waals surface area contributed by atoms with Crippen LogP contribution in [-0.2, 0) is 11.2 Å². The molecule has 2 saturated heterocycles. The van der Waals surface area contributed by atoms with Crippen LogP contribution in [0.3, 0.4) is 0 Å². The number of fused-ring (bicyclic) bond motifs is 4. The fraction of sp³-hybridized carbons (Fsp3) is 0.429. The molecule has 0 saturated carbocycles. The molecule has 3 amide bonds. The number of halogens is 2. The van der Waals surface area contributed by atoms with Crippen molar-refractivity contribution in [1.29, 1.82) is 0 Å². The van der Waals surface area contributed by atoms with Crippen LogP contribution in [0.4, 0.5) is 13.6 Å². The molecular formula is C28H30F2N4O4. The van der Waals surface area contributed by atoms with Gasteiger partial charge >= 0.3 is 12.6 Å². The van der Waals surface area contributed by atoms with Crippen molar-refractivity contribution in [3.8, 4) is 11.5 Å². The van der Waals surface area contributed by atoms with Gasteiger partial charge in [-0.05, 0) is 87.3 Å². The monoisotopic (exact) mass is 524 g/mol. The third-order valence-corrected chi connectivity index (χ3v) is 8.10. The van der Waals surface area contributed by atoms with Crippen molar-refractivity contribution in [2.75, 3.05) is 26.2 Å². The van der Waals surface area contributed by atoms with E-state index in [2.05, 4.69) is 14.6 Å². The third kappa shape index (κ3) is 3.98. The molecule has 3 aromatic rings. The average molecular weight is 525 g/mol. The topological polar surface area (TPSA) is 89.1 Å². The fourth-order valence-corrected chi connectivity index (χ4v) is 6.37. The Morgan fingerprint density at radius 2 is 1.92 bits per heavy atom. The molecule has 10 heteroatoms. The molecule has 0 bridgehead atoms. The van der Waals surface area contributed by atoms with Crippen LogP contribution in [0.15, 0.2) is 42.5 Å². The van der Waals surface area contributed by atoms with Gasteiger partial charge < -0.3 is 19.7 Å². The molecular weight excluding hydrogens is 494 g/mol.